The van der Waals surface area contributed by atoms with Crippen molar-refractivity contribution in [3.8, 4) is 6.07 Å². The fourth-order valence-corrected chi connectivity index (χ4v) is 2.96. The molecular weight excluding hydrogens is 337 g/mol. The maximum atomic E-state index is 13.6. The van der Waals surface area contributed by atoms with E-state index in [2.05, 4.69) is 4.18 Å². The predicted molar refractivity (Wildman–Crippen MR) is 79.9 cm³/mol. The molecule has 0 saturated carbocycles. The van der Waals surface area contributed by atoms with Gasteiger partial charge in [0.15, 0.2) is 0 Å². The van der Waals surface area contributed by atoms with Gasteiger partial charge in [-0.05, 0) is 36.4 Å². The number of nitrogens with zero attached hydrogens (tertiary/aromatic N) is 1. The van der Waals surface area contributed by atoms with Gasteiger partial charge in [-0.25, -0.2) is 9.18 Å². The minimum absolute atomic E-state index is 0.226. The van der Waals surface area contributed by atoms with Gasteiger partial charge in [-0.1, -0.05) is 12.1 Å². The monoisotopic (exact) mass is 345 g/mol. The lowest BCUT2D eigenvalue weighted by atomic mass is 10.2. The number of halogens is 1. The Morgan fingerprint density at radius 1 is 1.17 bits per heavy atom. The van der Waals surface area contributed by atoms with E-state index >= 15 is 0 Å². The van der Waals surface area contributed by atoms with Gasteiger partial charge >= 0.3 is 16.1 Å². The van der Waals surface area contributed by atoms with Gasteiger partial charge in [-0.15, -0.1) is 0 Å². The lowest BCUT2D eigenvalue weighted by Gasteiger charge is -2.04. The Bertz CT molecular complexity index is 1100. The zero-order valence-electron chi connectivity index (χ0n) is 11.9. The molecule has 0 saturated heterocycles. The average molecular weight is 345 g/mol. The number of hydrogen-bond donors (Lipinski definition) is 0. The number of furan rings is 1. The van der Waals surface area contributed by atoms with Gasteiger partial charge in [0.1, 0.15) is 16.3 Å². The maximum Gasteiger partial charge on any atom is 0.389 e. The molecule has 0 aliphatic carbocycles. The van der Waals surface area contributed by atoms with E-state index < -0.39 is 26.8 Å². The number of benzene rings is 2. The van der Waals surface area contributed by atoms with Crippen LogP contribution in [-0.4, -0.2) is 14.4 Å². The molecule has 3 aromatic rings. The van der Waals surface area contributed by atoms with Crippen LogP contribution in [-0.2, 0) is 14.3 Å². The Hall–Kier alpha value is -3.18. The summed E-state index contributed by atoms with van der Waals surface area (Å²) >= 11 is 0. The van der Waals surface area contributed by atoms with Crippen LogP contribution in [0.3, 0.4) is 0 Å². The molecule has 3 rings (SSSR count). The van der Waals surface area contributed by atoms with E-state index in [1.165, 1.54) is 30.3 Å². The standard InChI is InChI=1S/C16H8FNO5S/c17-12-3-1-2-4-15(12)24(20,21)23-16(19)14-8-11-6-5-10(9-18)7-13(11)22-14/h1-8H. The number of rotatable bonds is 3. The molecule has 0 amide bonds. The number of carbonyl (C=O) groups excluding carboxylic acids is 1. The molecule has 0 fully saturated rings. The highest BCUT2D eigenvalue weighted by atomic mass is 32.2. The Morgan fingerprint density at radius 3 is 2.62 bits per heavy atom. The molecule has 120 valence electrons. The normalized spacial score (nSPS) is 11.2. The van der Waals surface area contributed by atoms with E-state index in [4.69, 9.17) is 9.68 Å². The van der Waals surface area contributed by atoms with Crippen molar-refractivity contribution in [1.29, 1.82) is 5.26 Å². The first-order valence-electron chi connectivity index (χ1n) is 6.58. The second kappa shape index (κ2) is 5.79. The Kier molecular flexibility index (Phi) is 3.79. The van der Waals surface area contributed by atoms with E-state index in [1.807, 2.05) is 6.07 Å². The largest absolute Gasteiger partial charge is 0.449 e. The first-order valence-corrected chi connectivity index (χ1v) is 7.98. The zero-order valence-corrected chi connectivity index (χ0v) is 12.7. The zero-order chi connectivity index (χ0) is 17.3. The van der Waals surface area contributed by atoms with Crippen LogP contribution in [0.1, 0.15) is 16.1 Å². The van der Waals surface area contributed by atoms with Crippen LogP contribution in [0, 0.1) is 17.1 Å². The van der Waals surface area contributed by atoms with Crippen molar-refractivity contribution >= 4 is 27.1 Å². The van der Waals surface area contributed by atoms with Gasteiger partial charge in [0.25, 0.3) is 0 Å². The van der Waals surface area contributed by atoms with Crippen molar-refractivity contribution in [2.45, 2.75) is 4.90 Å². The smallest absolute Gasteiger partial charge is 0.389 e. The number of fused-ring (bicyclic) bond motifs is 1. The summed E-state index contributed by atoms with van der Waals surface area (Å²) in [5.74, 6) is -2.69. The maximum absolute atomic E-state index is 13.6. The molecule has 6 nitrogen and oxygen atoms in total. The van der Waals surface area contributed by atoms with E-state index in [-0.39, 0.29) is 11.3 Å². The molecule has 1 heterocycles. The molecule has 0 N–H and O–H groups in total. The fraction of sp³-hybridized carbons (Fsp3) is 0. The minimum Gasteiger partial charge on any atom is -0.449 e. The molecular formula is C16H8FNO5S. The van der Waals surface area contributed by atoms with Crippen LogP contribution in [0.15, 0.2) is 57.8 Å². The molecule has 0 radical (unpaired) electrons. The quantitative estimate of drug-likeness (QED) is 0.677. The third kappa shape index (κ3) is 2.85. The summed E-state index contributed by atoms with van der Waals surface area (Å²) in [6, 6.07) is 12.2. The van der Waals surface area contributed by atoms with Crippen LogP contribution in [0.25, 0.3) is 11.0 Å². The van der Waals surface area contributed by atoms with Crippen molar-refractivity contribution in [3.63, 3.8) is 0 Å². The molecule has 8 heteroatoms. The Labute approximate surface area is 135 Å². The van der Waals surface area contributed by atoms with Gasteiger partial charge in [-0.3, -0.25) is 0 Å². The van der Waals surface area contributed by atoms with Crippen molar-refractivity contribution in [3.05, 3.63) is 65.7 Å². The Balaban J connectivity index is 1.93. The lowest BCUT2D eigenvalue weighted by molar-refractivity contribution is 0.0715. The minimum atomic E-state index is -4.63. The van der Waals surface area contributed by atoms with Gasteiger partial charge < -0.3 is 8.60 Å². The summed E-state index contributed by atoms with van der Waals surface area (Å²) in [7, 11) is -4.63. The summed E-state index contributed by atoms with van der Waals surface area (Å²) < 4.78 is 47.1. The number of hydrogen-bond acceptors (Lipinski definition) is 6. The van der Waals surface area contributed by atoms with Gasteiger partial charge in [0.2, 0.25) is 5.76 Å². The third-order valence-corrected chi connectivity index (χ3v) is 4.38. The van der Waals surface area contributed by atoms with Crippen LogP contribution >= 0.6 is 0 Å². The second-order valence-electron chi connectivity index (χ2n) is 4.73. The van der Waals surface area contributed by atoms with Crippen molar-refractivity contribution < 1.29 is 26.2 Å². The van der Waals surface area contributed by atoms with E-state index in [0.29, 0.717) is 10.9 Å². The van der Waals surface area contributed by atoms with Crippen LogP contribution < -0.4 is 0 Å². The lowest BCUT2D eigenvalue weighted by Crippen LogP contribution is -2.14. The second-order valence-corrected chi connectivity index (χ2v) is 6.25. The van der Waals surface area contributed by atoms with Gasteiger partial charge in [0.05, 0.1) is 11.6 Å². The predicted octanol–water partition coefficient (Wildman–Crippen LogP) is 2.99. The first kappa shape index (κ1) is 15.7. The summed E-state index contributed by atoms with van der Waals surface area (Å²) in [6.45, 7) is 0. The molecule has 0 aliphatic heterocycles. The molecule has 0 spiro atoms. The topological polar surface area (TPSA) is 97.4 Å². The van der Waals surface area contributed by atoms with Crippen LogP contribution in [0.5, 0.6) is 0 Å². The van der Waals surface area contributed by atoms with E-state index in [9.17, 15) is 17.6 Å². The fourth-order valence-electron chi connectivity index (χ4n) is 2.03. The number of nitriles is 1. The highest BCUT2D eigenvalue weighted by Gasteiger charge is 2.26. The van der Waals surface area contributed by atoms with Crippen molar-refractivity contribution in [2.75, 3.05) is 0 Å². The van der Waals surface area contributed by atoms with Crippen LogP contribution in [0.4, 0.5) is 4.39 Å². The summed E-state index contributed by atoms with van der Waals surface area (Å²) in [5, 5.41) is 9.31. The van der Waals surface area contributed by atoms with E-state index in [0.717, 1.165) is 12.1 Å². The van der Waals surface area contributed by atoms with Crippen LogP contribution in [0.2, 0.25) is 0 Å². The van der Waals surface area contributed by atoms with E-state index in [1.54, 1.807) is 6.07 Å². The molecule has 0 unspecified atom stereocenters. The SMILES string of the molecule is N#Cc1ccc2cc(C(=O)OS(=O)(=O)c3ccccc3F)oc2c1. The Morgan fingerprint density at radius 2 is 1.92 bits per heavy atom. The third-order valence-electron chi connectivity index (χ3n) is 3.14. The molecule has 1 aromatic heterocycles. The number of carbonyl (C=O) groups is 1. The highest BCUT2D eigenvalue weighted by Crippen LogP contribution is 2.23. The molecule has 0 atom stereocenters. The van der Waals surface area contributed by atoms with Gasteiger partial charge in [0, 0.05) is 5.39 Å². The molecule has 24 heavy (non-hydrogen) atoms. The molecule has 0 bridgehead atoms. The molecule has 2 aromatic carbocycles. The van der Waals surface area contributed by atoms with Crippen molar-refractivity contribution in [2.24, 2.45) is 0 Å². The molecule has 0 aliphatic rings. The van der Waals surface area contributed by atoms with Crippen molar-refractivity contribution in [1.82, 2.24) is 0 Å². The summed E-state index contributed by atoms with van der Waals surface area (Å²) in [5.41, 5.74) is 0.542. The highest BCUT2D eigenvalue weighted by molar-refractivity contribution is 7.87. The van der Waals surface area contributed by atoms with Gasteiger partial charge in [-0.2, -0.15) is 13.7 Å². The first-order chi connectivity index (χ1) is 11.4. The average Bonchev–Trinajstić information content (AvgIpc) is 2.97. The summed E-state index contributed by atoms with van der Waals surface area (Å²) in [6.07, 6.45) is 0. The summed E-state index contributed by atoms with van der Waals surface area (Å²) in [4.78, 5) is 11.2.